The number of aromatic hydroxyl groups is 2. The molecule has 0 saturated heterocycles. The van der Waals surface area contributed by atoms with Gasteiger partial charge in [-0.2, -0.15) is 0 Å². The second-order valence-corrected chi connectivity index (χ2v) is 5.25. The van der Waals surface area contributed by atoms with Crippen LogP contribution in [0.1, 0.15) is 48.9 Å². The van der Waals surface area contributed by atoms with E-state index < -0.39 is 0 Å². The van der Waals surface area contributed by atoms with Gasteiger partial charge in [0.05, 0.1) is 0 Å². The Kier molecular flexibility index (Phi) is 4.66. The molecule has 1 aromatic rings. The lowest BCUT2D eigenvalue weighted by atomic mass is 9.87. The summed E-state index contributed by atoms with van der Waals surface area (Å²) in [7, 11) is 0. The SMILES string of the molecule is O=C(NCCC1CCCCC1)c1ccc(O)c(O)c1. The molecular formula is C15H21NO3. The minimum atomic E-state index is -0.264. The molecule has 0 unspecified atom stereocenters. The Hall–Kier alpha value is -1.71. The fourth-order valence-corrected chi connectivity index (χ4v) is 2.63. The zero-order valence-corrected chi connectivity index (χ0v) is 11.1. The highest BCUT2D eigenvalue weighted by Crippen LogP contribution is 2.26. The third-order valence-electron chi connectivity index (χ3n) is 3.80. The van der Waals surface area contributed by atoms with Gasteiger partial charge >= 0.3 is 0 Å². The van der Waals surface area contributed by atoms with Crippen LogP contribution in [-0.2, 0) is 0 Å². The van der Waals surface area contributed by atoms with E-state index >= 15 is 0 Å². The van der Waals surface area contributed by atoms with E-state index in [1.807, 2.05) is 0 Å². The van der Waals surface area contributed by atoms with Gasteiger partial charge in [-0.3, -0.25) is 4.79 Å². The van der Waals surface area contributed by atoms with Crippen molar-refractivity contribution in [2.45, 2.75) is 38.5 Å². The first-order valence-corrected chi connectivity index (χ1v) is 6.97. The Bertz CT molecular complexity index is 439. The van der Waals surface area contributed by atoms with Gasteiger partial charge < -0.3 is 15.5 Å². The van der Waals surface area contributed by atoms with Gasteiger partial charge in [-0.25, -0.2) is 0 Å². The molecule has 104 valence electrons. The lowest BCUT2D eigenvalue weighted by Crippen LogP contribution is -2.26. The average Bonchev–Trinajstić information content (AvgIpc) is 2.43. The largest absolute Gasteiger partial charge is 0.504 e. The van der Waals surface area contributed by atoms with Crippen molar-refractivity contribution in [1.82, 2.24) is 5.32 Å². The fraction of sp³-hybridized carbons (Fsp3) is 0.533. The topological polar surface area (TPSA) is 69.6 Å². The second-order valence-electron chi connectivity index (χ2n) is 5.25. The molecule has 0 bridgehead atoms. The number of rotatable bonds is 4. The number of carbonyl (C=O) groups is 1. The van der Waals surface area contributed by atoms with E-state index in [1.54, 1.807) is 0 Å². The summed E-state index contributed by atoms with van der Waals surface area (Å²) in [6.45, 7) is 0.672. The van der Waals surface area contributed by atoms with Crippen LogP contribution in [0.15, 0.2) is 18.2 Å². The molecule has 0 spiro atoms. The van der Waals surface area contributed by atoms with E-state index in [-0.39, 0.29) is 17.4 Å². The molecule has 4 heteroatoms. The summed E-state index contributed by atoms with van der Waals surface area (Å²) in [6, 6.07) is 4.11. The zero-order chi connectivity index (χ0) is 13.7. The van der Waals surface area contributed by atoms with E-state index in [9.17, 15) is 15.0 Å². The Morgan fingerprint density at radius 3 is 2.58 bits per heavy atom. The number of benzene rings is 1. The van der Waals surface area contributed by atoms with Gasteiger partial charge in [0.2, 0.25) is 0 Å². The molecule has 2 rings (SSSR count). The molecule has 4 nitrogen and oxygen atoms in total. The highest BCUT2D eigenvalue weighted by molar-refractivity contribution is 5.94. The summed E-state index contributed by atoms with van der Waals surface area (Å²) < 4.78 is 0. The van der Waals surface area contributed by atoms with E-state index in [4.69, 9.17) is 0 Å². The average molecular weight is 263 g/mol. The van der Waals surface area contributed by atoms with Gasteiger partial charge in [0, 0.05) is 12.1 Å². The number of nitrogens with one attached hydrogen (secondary N) is 1. The molecule has 1 saturated carbocycles. The van der Waals surface area contributed by atoms with Crippen LogP contribution in [0, 0.1) is 5.92 Å². The van der Waals surface area contributed by atoms with Crippen LogP contribution in [-0.4, -0.2) is 22.7 Å². The van der Waals surface area contributed by atoms with Gasteiger partial charge in [0.25, 0.3) is 5.91 Å². The molecule has 19 heavy (non-hydrogen) atoms. The van der Waals surface area contributed by atoms with Crippen LogP contribution in [0.5, 0.6) is 11.5 Å². The lowest BCUT2D eigenvalue weighted by Gasteiger charge is -2.21. The van der Waals surface area contributed by atoms with Crippen molar-refractivity contribution in [1.29, 1.82) is 0 Å². The lowest BCUT2D eigenvalue weighted by molar-refractivity contribution is 0.0950. The molecule has 0 aliphatic heterocycles. The van der Waals surface area contributed by atoms with Crippen LogP contribution < -0.4 is 5.32 Å². The molecule has 3 N–H and O–H groups in total. The van der Waals surface area contributed by atoms with E-state index in [0.29, 0.717) is 12.1 Å². The molecule has 1 aromatic carbocycles. The summed E-state index contributed by atoms with van der Waals surface area (Å²) in [4.78, 5) is 11.8. The first-order valence-electron chi connectivity index (χ1n) is 6.97. The summed E-state index contributed by atoms with van der Waals surface area (Å²) in [5, 5.41) is 21.4. The predicted molar refractivity (Wildman–Crippen MR) is 73.3 cm³/mol. The highest BCUT2D eigenvalue weighted by Gasteiger charge is 2.14. The number of phenolic OH excluding ortho intramolecular Hbond substituents is 2. The molecule has 0 atom stereocenters. The molecule has 0 heterocycles. The predicted octanol–water partition coefficient (Wildman–Crippen LogP) is 2.80. The van der Waals surface area contributed by atoms with Crippen LogP contribution in [0.4, 0.5) is 0 Å². The van der Waals surface area contributed by atoms with Crippen molar-refractivity contribution in [3.8, 4) is 11.5 Å². The molecular weight excluding hydrogens is 242 g/mol. The molecule has 1 amide bonds. The van der Waals surface area contributed by atoms with Gasteiger partial charge in [-0.1, -0.05) is 32.1 Å². The smallest absolute Gasteiger partial charge is 0.251 e. The number of amides is 1. The summed E-state index contributed by atoms with van der Waals surface area (Å²) >= 11 is 0. The Morgan fingerprint density at radius 2 is 1.89 bits per heavy atom. The van der Waals surface area contributed by atoms with Gasteiger partial charge in [0.15, 0.2) is 11.5 Å². The van der Waals surface area contributed by atoms with Crippen LogP contribution in [0.25, 0.3) is 0 Å². The highest BCUT2D eigenvalue weighted by atomic mass is 16.3. The second kappa shape index (κ2) is 6.45. The maximum atomic E-state index is 11.8. The van der Waals surface area contributed by atoms with Crippen molar-refractivity contribution < 1.29 is 15.0 Å². The Morgan fingerprint density at radius 1 is 1.16 bits per heavy atom. The molecule has 1 fully saturated rings. The quantitative estimate of drug-likeness (QED) is 0.732. The maximum absolute atomic E-state index is 11.8. The van der Waals surface area contributed by atoms with E-state index in [2.05, 4.69) is 5.32 Å². The number of hydrogen-bond acceptors (Lipinski definition) is 3. The maximum Gasteiger partial charge on any atom is 0.251 e. The molecule has 0 aromatic heterocycles. The Labute approximate surface area is 113 Å². The minimum Gasteiger partial charge on any atom is -0.504 e. The summed E-state index contributed by atoms with van der Waals surface area (Å²) in [6.07, 6.45) is 7.53. The molecule has 1 aliphatic carbocycles. The number of hydrogen-bond donors (Lipinski definition) is 3. The van der Waals surface area contributed by atoms with Crippen LogP contribution in [0.2, 0.25) is 0 Å². The van der Waals surface area contributed by atoms with Gasteiger partial charge in [0.1, 0.15) is 0 Å². The zero-order valence-electron chi connectivity index (χ0n) is 11.1. The van der Waals surface area contributed by atoms with E-state index in [1.165, 1.54) is 50.3 Å². The third-order valence-corrected chi connectivity index (χ3v) is 3.80. The third kappa shape index (κ3) is 3.88. The minimum absolute atomic E-state index is 0.203. The normalized spacial score (nSPS) is 16.2. The summed E-state index contributed by atoms with van der Waals surface area (Å²) in [5.41, 5.74) is 0.374. The van der Waals surface area contributed by atoms with Crippen LogP contribution >= 0.6 is 0 Å². The first-order chi connectivity index (χ1) is 9.16. The van der Waals surface area contributed by atoms with Crippen molar-refractivity contribution in [2.24, 2.45) is 5.92 Å². The standard InChI is InChI=1S/C15H21NO3/c17-13-7-6-12(10-14(13)18)15(19)16-9-8-11-4-2-1-3-5-11/h6-7,10-11,17-18H,1-5,8-9H2,(H,16,19). The van der Waals surface area contributed by atoms with Crippen LogP contribution in [0.3, 0.4) is 0 Å². The van der Waals surface area contributed by atoms with E-state index in [0.717, 1.165) is 12.3 Å². The number of phenols is 2. The molecule has 1 aliphatic rings. The molecule has 0 radical (unpaired) electrons. The monoisotopic (exact) mass is 263 g/mol. The van der Waals surface area contributed by atoms with Crippen molar-refractivity contribution in [3.05, 3.63) is 23.8 Å². The van der Waals surface area contributed by atoms with Gasteiger partial charge in [-0.15, -0.1) is 0 Å². The van der Waals surface area contributed by atoms with Crippen molar-refractivity contribution in [3.63, 3.8) is 0 Å². The Balaban J connectivity index is 1.78. The first kappa shape index (κ1) is 13.7. The van der Waals surface area contributed by atoms with Crippen molar-refractivity contribution in [2.75, 3.05) is 6.54 Å². The van der Waals surface area contributed by atoms with Gasteiger partial charge in [-0.05, 0) is 30.5 Å². The fourth-order valence-electron chi connectivity index (χ4n) is 2.63. The summed E-state index contributed by atoms with van der Waals surface area (Å²) in [5.74, 6) is 0.0621. The van der Waals surface area contributed by atoms with Crippen molar-refractivity contribution >= 4 is 5.91 Å². The number of carbonyl (C=O) groups excluding carboxylic acids is 1.